The van der Waals surface area contributed by atoms with Gasteiger partial charge in [0.15, 0.2) is 0 Å². The van der Waals surface area contributed by atoms with Crippen molar-refractivity contribution in [1.82, 2.24) is 0 Å². The third-order valence-corrected chi connectivity index (χ3v) is 10.6. The Morgan fingerprint density at radius 2 is 1.02 bits per heavy atom. The number of aliphatic hydroxyl groups excluding tert-OH is 5. The number of carbonyl (C=O) groups excluding carboxylic acids is 1. The van der Waals surface area contributed by atoms with E-state index in [0.29, 0.717) is 13.0 Å². The van der Waals surface area contributed by atoms with Crippen LogP contribution in [-0.2, 0) is 27.9 Å². The molecule has 1 aliphatic carbocycles. The molecule has 334 valence electrons. The minimum absolute atomic E-state index is 0.0935. The van der Waals surface area contributed by atoms with Gasteiger partial charge in [0.2, 0.25) is 0 Å². The summed E-state index contributed by atoms with van der Waals surface area (Å²) in [6.07, 6.45) is 33.0. The summed E-state index contributed by atoms with van der Waals surface area (Å²) in [5.74, 6) is -0.496. The van der Waals surface area contributed by atoms with Crippen molar-refractivity contribution in [3.8, 4) is 0 Å². The first kappa shape index (κ1) is 53.8. The number of phosphoric acid groups is 1. The highest BCUT2D eigenvalue weighted by Gasteiger charge is 2.51. The number of hydrogen-bond acceptors (Lipinski definition) is 11. The Morgan fingerprint density at radius 1 is 0.569 bits per heavy atom. The smallest absolute Gasteiger partial charge is 0.457 e. The quantitative estimate of drug-likeness (QED) is 0.0155. The molecule has 0 radical (unpaired) electrons. The summed E-state index contributed by atoms with van der Waals surface area (Å²) >= 11 is 0. The zero-order chi connectivity index (χ0) is 42.7. The number of carbonyl (C=O) groups is 1. The maximum Gasteiger partial charge on any atom is 0.472 e. The largest absolute Gasteiger partial charge is 0.472 e. The third kappa shape index (κ3) is 27.5. The topological polar surface area (TPSA) is 192 Å². The Kier molecular flexibility index (Phi) is 33.0. The monoisotopic (exact) mass is 841 g/mol. The van der Waals surface area contributed by atoms with Crippen LogP contribution in [0.5, 0.6) is 0 Å². The number of ether oxygens (including phenoxy) is 2. The van der Waals surface area contributed by atoms with E-state index in [1.807, 2.05) is 0 Å². The lowest BCUT2D eigenvalue weighted by Crippen LogP contribution is -2.64. The van der Waals surface area contributed by atoms with Gasteiger partial charge in [0.25, 0.3) is 0 Å². The zero-order valence-corrected chi connectivity index (χ0v) is 36.2. The Balaban J connectivity index is 2.33. The van der Waals surface area contributed by atoms with E-state index in [-0.39, 0.29) is 13.0 Å². The van der Waals surface area contributed by atoms with Gasteiger partial charge >= 0.3 is 13.8 Å². The van der Waals surface area contributed by atoms with E-state index >= 15 is 0 Å². The van der Waals surface area contributed by atoms with Crippen LogP contribution in [0.15, 0.2) is 72.9 Å². The Hall–Kier alpha value is -2.22. The van der Waals surface area contributed by atoms with Gasteiger partial charge in [0.1, 0.15) is 42.7 Å². The molecule has 1 saturated carbocycles. The second-order valence-corrected chi connectivity index (χ2v) is 16.2. The van der Waals surface area contributed by atoms with Crippen molar-refractivity contribution in [2.75, 3.05) is 19.8 Å². The van der Waals surface area contributed by atoms with E-state index in [4.69, 9.17) is 18.5 Å². The summed E-state index contributed by atoms with van der Waals surface area (Å²) in [6.45, 7) is 4.01. The molecule has 0 aromatic rings. The van der Waals surface area contributed by atoms with E-state index < -0.39 is 63.1 Å². The minimum atomic E-state index is -5.02. The molecule has 0 spiro atoms. The van der Waals surface area contributed by atoms with Crippen molar-refractivity contribution in [3.63, 3.8) is 0 Å². The van der Waals surface area contributed by atoms with Crippen LogP contribution in [0.2, 0.25) is 0 Å². The first-order valence-electron chi connectivity index (χ1n) is 21.8. The van der Waals surface area contributed by atoms with E-state index in [0.717, 1.165) is 103 Å². The fourth-order valence-corrected chi connectivity index (χ4v) is 7.09. The van der Waals surface area contributed by atoms with E-state index in [9.17, 15) is 39.8 Å². The minimum Gasteiger partial charge on any atom is -0.457 e. The molecular weight excluding hydrogens is 763 g/mol. The summed E-state index contributed by atoms with van der Waals surface area (Å²) in [5, 5.41) is 50.0. The van der Waals surface area contributed by atoms with Crippen LogP contribution in [-0.4, -0.2) is 98.9 Å². The molecule has 13 heteroatoms. The molecule has 6 atom stereocenters. The number of rotatable bonds is 35. The molecule has 1 aliphatic rings. The van der Waals surface area contributed by atoms with Gasteiger partial charge in [0, 0.05) is 13.0 Å². The van der Waals surface area contributed by atoms with Crippen LogP contribution in [0.25, 0.3) is 0 Å². The lowest BCUT2D eigenvalue weighted by molar-refractivity contribution is -0.220. The summed E-state index contributed by atoms with van der Waals surface area (Å²) in [5.41, 5.74) is 0. The number of esters is 1. The van der Waals surface area contributed by atoms with E-state index in [1.54, 1.807) is 0 Å². The number of unbranched alkanes of at least 4 members (excludes halogenated alkanes) is 11. The maximum absolute atomic E-state index is 12.7. The second-order valence-electron chi connectivity index (χ2n) is 14.8. The molecule has 6 N–H and O–H groups in total. The van der Waals surface area contributed by atoms with Gasteiger partial charge in [-0.05, 0) is 64.2 Å². The highest BCUT2D eigenvalue weighted by Crippen LogP contribution is 2.47. The third-order valence-electron chi connectivity index (χ3n) is 9.59. The SMILES string of the molecule is CC/C=C\C/C=C\C/C=C\C/C=C\C/C=C\C/C=C\CCCCCCCOCC(COP(=O)(O)OC1C(O)C(O)C(O)C(O)C1O)OC(=O)CCCCCCCCC. The normalized spacial score (nSPS) is 23.4. The van der Waals surface area contributed by atoms with Gasteiger partial charge in [-0.1, -0.05) is 145 Å². The van der Waals surface area contributed by atoms with Crippen molar-refractivity contribution < 1.29 is 58.3 Å². The molecule has 1 fully saturated rings. The van der Waals surface area contributed by atoms with Crippen LogP contribution >= 0.6 is 7.82 Å². The van der Waals surface area contributed by atoms with E-state index in [2.05, 4.69) is 86.8 Å². The number of phosphoric ester groups is 1. The van der Waals surface area contributed by atoms with Crippen molar-refractivity contribution in [1.29, 1.82) is 0 Å². The molecule has 0 aromatic carbocycles. The van der Waals surface area contributed by atoms with E-state index in [1.165, 1.54) is 12.8 Å². The predicted octanol–water partition coefficient (Wildman–Crippen LogP) is 8.41. The average molecular weight is 841 g/mol. The van der Waals surface area contributed by atoms with Crippen LogP contribution < -0.4 is 0 Å². The molecular formula is C45H77O12P. The van der Waals surface area contributed by atoms with Gasteiger partial charge in [-0.25, -0.2) is 4.57 Å². The molecule has 6 unspecified atom stereocenters. The average Bonchev–Trinajstić information content (AvgIpc) is 3.20. The molecule has 0 amide bonds. The van der Waals surface area contributed by atoms with Crippen LogP contribution in [0.3, 0.4) is 0 Å². The molecule has 0 aromatic heterocycles. The van der Waals surface area contributed by atoms with Crippen LogP contribution in [0, 0.1) is 0 Å². The summed E-state index contributed by atoms with van der Waals surface area (Å²) in [6, 6.07) is 0. The number of aliphatic hydroxyl groups is 5. The van der Waals surface area contributed by atoms with Crippen molar-refractivity contribution in [2.24, 2.45) is 0 Å². The molecule has 0 aliphatic heterocycles. The van der Waals surface area contributed by atoms with Gasteiger partial charge in [-0.3, -0.25) is 13.8 Å². The molecule has 12 nitrogen and oxygen atoms in total. The summed E-state index contributed by atoms with van der Waals surface area (Å²) in [4.78, 5) is 22.9. The molecule has 0 heterocycles. The van der Waals surface area contributed by atoms with Gasteiger partial charge < -0.3 is 39.9 Å². The number of allylic oxidation sites excluding steroid dienone is 12. The summed E-state index contributed by atoms with van der Waals surface area (Å²) in [7, 11) is -5.02. The Morgan fingerprint density at radius 3 is 1.55 bits per heavy atom. The maximum atomic E-state index is 12.7. The first-order chi connectivity index (χ1) is 28.0. The fourth-order valence-electron chi connectivity index (χ4n) is 6.12. The Bertz CT molecular complexity index is 1230. The standard InChI is InChI=1S/C45H77O12P/c1-3-5-7-9-11-12-13-14-15-16-17-18-19-20-21-22-23-24-25-26-27-29-31-33-35-54-36-38(56-39(46)34-32-30-28-10-8-6-4-2)37-55-58(52,53)57-45-43(50)41(48)40(47)42(49)44(45)51/h5,7,11-12,14-15,17-18,20-21,23-24,38,40-45,47-51H,3-4,6,8-10,13,16,19,22,25-37H2,1-2H3,(H,52,53)/b7-5-,12-11-,15-14-,18-17-,21-20-,24-23-. The van der Waals surface area contributed by atoms with Gasteiger partial charge in [0.05, 0.1) is 13.2 Å². The van der Waals surface area contributed by atoms with Crippen LogP contribution in [0.4, 0.5) is 0 Å². The molecule has 0 bridgehead atoms. The fraction of sp³-hybridized carbons (Fsp3) is 0.711. The predicted molar refractivity (Wildman–Crippen MR) is 230 cm³/mol. The molecule has 0 saturated heterocycles. The zero-order valence-electron chi connectivity index (χ0n) is 35.3. The van der Waals surface area contributed by atoms with Gasteiger partial charge in [-0.15, -0.1) is 0 Å². The van der Waals surface area contributed by atoms with Crippen LogP contribution in [0.1, 0.15) is 142 Å². The van der Waals surface area contributed by atoms with Gasteiger partial charge in [-0.2, -0.15) is 0 Å². The lowest BCUT2D eigenvalue weighted by Gasteiger charge is -2.41. The highest BCUT2D eigenvalue weighted by atomic mass is 31.2. The van der Waals surface area contributed by atoms with Crippen molar-refractivity contribution in [3.05, 3.63) is 72.9 Å². The Labute approximate surface area is 349 Å². The second kappa shape index (κ2) is 35.5. The summed E-state index contributed by atoms with van der Waals surface area (Å²) < 4.78 is 33.9. The molecule has 58 heavy (non-hydrogen) atoms. The van der Waals surface area contributed by atoms with Crippen molar-refractivity contribution >= 4 is 13.8 Å². The lowest BCUT2D eigenvalue weighted by atomic mass is 9.85. The van der Waals surface area contributed by atoms with Crippen molar-refractivity contribution in [2.45, 2.75) is 185 Å². The number of hydrogen-bond donors (Lipinski definition) is 6. The molecule has 1 rings (SSSR count). The highest BCUT2D eigenvalue weighted by molar-refractivity contribution is 7.47. The first-order valence-corrected chi connectivity index (χ1v) is 23.3.